The number of rotatable bonds is 2. The molecule has 0 saturated carbocycles. The second kappa shape index (κ2) is 5.14. The van der Waals surface area contributed by atoms with Gasteiger partial charge in [0.25, 0.3) is 5.91 Å². The number of nitrogens with one attached hydrogen (secondary N) is 1. The molecule has 0 atom stereocenters. The van der Waals surface area contributed by atoms with Crippen LogP contribution in [0.5, 0.6) is 0 Å². The standard InChI is InChI=1S/C13H10ClFN2O/c1-8-4-2-3-5-11(8)17-13(18)10-6-9(15)7-16-12(10)14/h2-7H,1H3,(H,17,18). The van der Waals surface area contributed by atoms with E-state index in [4.69, 9.17) is 11.6 Å². The Morgan fingerprint density at radius 3 is 2.83 bits per heavy atom. The van der Waals surface area contributed by atoms with E-state index in [0.717, 1.165) is 17.8 Å². The summed E-state index contributed by atoms with van der Waals surface area (Å²) in [5.74, 6) is -1.09. The number of aromatic nitrogens is 1. The van der Waals surface area contributed by atoms with Crippen molar-refractivity contribution in [3.8, 4) is 0 Å². The molecule has 0 bridgehead atoms. The van der Waals surface area contributed by atoms with Gasteiger partial charge in [0.15, 0.2) is 0 Å². The molecule has 0 unspecified atom stereocenters. The van der Waals surface area contributed by atoms with Gasteiger partial charge in [-0.3, -0.25) is 4.79 Å². The van der Waals surface area contributed by atoms with E-state index in [9.17, 15) is 9.18 Å². The van der Waals surface area contributed by atoms with Crippen molar-refractivity contribution in [2.75, 3.05) is 5.32 Å². The smallest absolute Gasteiger partial charge is 0.258 e. The molecule has 0 aliphatic carbocycles. The number of carbonyl (C=O) groups excluding carboxylic acids is 1. The van der Waals surface area contributed by atoms with Gasteiger partial charge in [0, 0.05) is 5.69 Å². The van der Waals surface area contributed by atoms with Gasteiger partial charge < -0.3 is 5.32 Å². The summed E-state index contributed by atoms with van der Waals surface area (Å²) in [5, 5.41) is 2.64. The van der Waals surface area contributed by atoms with Crippen molar-refractivity contribution in [2.45, 2.75) is 6.92 Å². The molecule has 92 valence electrons. The van der Waals surface area contributed by atoms with Crippen molar-refractivity contribution in [1.82, 2.24) is 4.98 Å². The number of halogens is 2. The van der Waals surface area contributed by atoms with E-state index in [1.165, 1.54) is 0 Å². The topological polar surface area (TPSA) is 42.0 Å². The molecule has 1 N–H and O–H groups in total. The maximum atomic E-state index is 13.0. The number of benzene rings is 1. The number of nitrogens with zero attached hydrogens (tertiary/aromatic N) is 1. The van der Waals surface area contributed by atoms with Gasteiger partial charge in [0.05, 0.1) is 11.8 Å². The lowest BCUT2D eigenvalue weighted by molar-refractivity contribution is 0.102. The van der Waals surface area contributed by atoms with Gasteiger partial charge in [-0.05, 0) is 24.6 Å². The Balaban J connectivity index is 2.28. The third-order valence-electron chi connectivity index (χ3n) is 2.44. The first-order valence-corrected chi connectivity index (χ1v) is 5.64. The van der Waals surface area contributed by atoms with Crippen LogP contribution in [-0.2, 0) is 0 Å². The summed E-state index contributed by atoms with van der Waals surface area (Å²) in [5.41, 5.74) is 1.58. The predicted molar refractivity (Wildman–Crippen MR) is 68.3 cm³/mol. The van der Waals surface area contributed by atoms with E-state index < -0.39 is 11.7 Å². The Kier molecular flexibility index (Phi) is 3.58. The van der Waals surface area contributed by atoms with Crippen LogP contribution >= 0.6 is 11.6 Å². The van der Waals surface area contributed by atoms with Gasteiger partial charge in [-0.1, -0.05) is 29.8 Å². The van der Waals surface area contributed by atoms with Crippen LogP contribution in [0.3, 0.4) is 0 Å². The quantitative estimate of drug-likeness (QED) is 0.845. The third kappa shape index (κ3) is 2.65. The lowest BCUT2D eigenvalue weighted by atomic mass is 10.2. The summed E-state index contributed by atoms with van der Waals surface area (Å²) in [4.78, 5) is 15.5. The Morgan fingerprint density at radius 1 is 1.39 bits per heavy atom. The van der Waals surface area contributed by atoms with Crippen LogP contribution in [0.25, 0.3) is 0 Å². The highest BCUT2D eigenvalue weighted by Gasteiger charge is 2.13. The van der Waals surface area contributed by atoms with Crippen molar-refractivity contribution >= 4 is 23.2 Å². The van der Waals surface area contributed by atoms with E-state index in [1.807, 2.05) is 19.1 Å². The van der Waals surface area contributed by atoms with Crippen LogP contribution in [0.1, 0.15) is 15.9 Å². The molecule has 2 rings (SSSR count). The molecular weight excluding hydrogens is 255 g/mol. The van der Waals surface area contributed by atoms with Crippen LogP contribution in [0.2, 0.25) is 5.15 Å². The molecule has 1 aromatic heterocycles. The van der Waals surface area contributed by atoms with Crippen molar-refractivity contribution < 1.29 is 9.18 Å². The minimum absolute atomic E-state index is 0.0138. The minimum Gasteiger partial charge on any atom is -0.322 e. The maximum Gasteiger partial charge on any atom is 0.258 e. The number of aryl methyl sites for hydroxylation is 1. The highest BCUT2D eigenvalue weighted by Crippen LogP contribution is 2.18. The molecule has 5 heteroatoms. The fraction of sp³-hybridized carbons (Fsp3) is 0.0769. The fourth-order valence-electron chi connectivity index (χ4n) is 1.48. The maximum absolute atomic E-state index is 13.0. The SMILES string of the molecule is Cc1ccccc1NC(=O)c1cc(F)cnc1Cl. The van der Waals surface area contributed by atoms with Crippen molar-refractivity contribution in [3.05, 3.63) is 58.6 Å². The van der Waals surface area contributed by atoms with Crippen molar-refractivity contribution in [2.24, 2.45) is 0 Å². The number of hydrogen-bond acceptors (Lipinski definition) is 2. The zero-order chi connectivity index (χ0) is 13.1. The Bertz CT molecular complexity index is 601. The number of pyridine rings is 1. The highest BCUT2D eigenvalue weighted by atomic mass is 35.5. The molecular formula is C13H10ClFN2O. The Hall–Kier alpha value is -1.94. The number of amides is 1. The van der Waals surface area contributed by atoms with E-state index in [2.05, 4.69) is 10.3 Å². The van der Waals surface area contributed by atoms with Gasteiger partial charge in [0.1, 0.15) is 11.0 Å². The zero-order valence-corrected chi connectivity index (χ0v) is 10.3. The summed E-state index contributed by atoms with van der Waals surface area (Å²) in [6, 6.07) is 8.34. The summed E-state index contributed by atoms with van der Waals surface area (Å²) in [6.45, 7) is 1.86. The third-order valence-corrected chi connectivity index (χ3v) is 2.74. The first-order valence-electron chi connectivity index (χ1n) is 5.26. The first-order chi connectivity index (χ1) is 8.58. The van der Waals surface area contributed by atoms with E-state index in [-0.39, 0.29) is 10.7 Å². The number of anilines is 1. The van der Waals surface area contributed by atoms with Crippen LogP contribution in [0.4, 0.5) is 10.1 Å². The highest BCUT2D eigenvalue weighted by molar-refractivity contribution is 6.33. The second-order valence-corrected chi connectivity index (χ2v) is 4.12. The van der Waals surface area contributed by atoms with E-state index in [0.29, 0.717) is 5.69 Å². The Labute approximate surface area is 109 Å². The average Bonchev–Trinajstić information content (AvgIpc) is 2.35. The lowest BCUT2D eigenvalue weighted by Gasteiger charge is -2.08. The molecule has 1 heterocycles. The second-order valence-electron chi connectivity index (χ2n) is 3.76. The normalized spacial score (nSPS) is 10.2. The summed E-state index contributed by atoms with van der Waals surface area (Å²) in [7, 11) is 0. The van der Waals surface area contributed by atoms with Crippen molar-refractivity contribution in [1.29, 1.82) is 0 Å². The van der Waals surface area contributed by atoms with Gasteiger partial charge >= 0.3 is 0 Å². The van der Waals surface area contributed by atoms with E-state index in [1.54, 1.807) is 12.1 Å². The van der Waals surface area contributed by atoms with Crippen LogP contribution in [0.15, 0.2) is 36.5 Å². The molecule has 0 saturated heterocycles. The van der Waals surface area contributed by atoms with Crippen LogP contribution in [-0.4, -0.2) is 10.9 Å². The largest absolute Gasteiger partial charge is 0.322 e. The van der Waals surface area contributed by atoms with Gasteiger partial charge in [0.2, 0.25) is 0 Å². The number of para-hydroxylation sites is 1. The Morgan fingerprint density at radius 2 is 2.11 bits per heavy atom. The summed E-state index contributed by atoms with van der Waals surface area (Å²) in [6.07, 6.45) is 0.965. The molecule has 1 amide bonds. The molecule has 0 aliphatic rings. The van der Waals surface area contributed by atoms with E-state index >= 15 is 0 Å². The first kappa shape index (κ1) is 12.5. The summed E-state index contributed by atoms with van der Waals surface area (Å²) < 4.78 is 13.0. The van der Waals surface area contributed by atoms with Gasteiger partial charge in [-0.25, -0.2) is 9.37 Å². The lowest BCUT2D eigenvalue weighted by Crippen LogP contribution is -2.14. The molecule has 0 radical (unpaired) electrons. The zero-order valence-electron chi connectivity index (χ0n) is 9.58. The van der Waals surface area contributed by atoms with Gasteiger partial charge in [-0.15, -0.1) is 0 Å². The minimum atomic E-state index is -0.602. The molecule has 1 aromatic carbocycles. The molecule has 2 aromatic rings. The molecule has 0 fully saturated rings. The fourth-order valence-corrected chi connectivity index (χ4v) is 1.67. The predicted octanol–water partition coefficient (Wildman–Crippen LogP) is 3.43. The van der Waals surface area contributed by atoms with Crippen LogP contribution in [0, 0.1) is 12.7 Å². The number of hydrogen-bond donors (Lipinski definition) is 1. The molecule has 3 nitrogen and oxygen atoms in total. The summed E-state index contributed by atoms with van der Waals surface area (Å²) >= 11 is 5.76. The van der Waals surface area contributed by atoms with Crippen LogP contribution < -0.4 is 5.32 Å². The molecule has 18 heavy (non-hydrogen) atoms. The molecule has 0 spiro atoms. The van der Waals surface area contributed by atoms with Gasteiger partial charge in [-0.2, -0.15) is 0 Å². The molecule has 0 aliphatic heterocycles. The monoisotopic (exact) mass is 264 g/mol. The average molecular weight is 265 g/mol. The van der Waals surface area contributed by atoms with Crippen molar-refractivity contribution in [3.63, 3.8) is 0 Å². The number of carbonyl (C=O) groups is 1.